The minimum absolute atomic E-state index is 0.146. The molecular weight excluding hydrogens is 252 g/mol. The maximum absolute atomic E-state index is 5.52. The zero-order valence-electron chi connectivity index (χ0n) is 12.5. The van der Waals surface area contributed by atoms with Gasteiger partial charge < -0.3 is 5.43 Å². The van der Waals surface area contributed by atoms with Crippen molar-refractivity contribution in [3.63, 3.8) is 0 Å². The lowest BCUT2D eigenvalue weighted by atomic mass is 9.96. The van der Waals surface area contributed by atoms with Gasteiger partial charge in [-0.15, -0.1) is 0 Å². The van der Waals surface area contributed by atoms with E-state index < -0.39 is 0 Å². The van der Waals surface area contributed by atoms with Crippen molar-refractivity contribution in [1.29, 1.82) is 0 Å². The maximum Gasteiger partial charge on any atom is 0.145 e. The van der Waals surface area contributed by atoms with E-state index in [2.05, 4.69) is 48.1 Å². The molecule has 0 atom stereocenters. The van der Waals surface area contributed by atoms with Crippen molar-refractivity contribution in [3.05, 3.63) is 30.1 Å². The Morgan fingerprint density at radius 3 is 2.65 bits per heavy atom. The highest BCUT2D eigenvalue weighted by Crippen LogP contribution is 2.22. The largest absolute Gasteiger partial charge is 0.308 e. The van der Waals surface area contributed by atoms with Crippen LogP contribution in [0.4, 0.5) is 5.82 Å². The Bertz CT molecular complexity index is 582. The lowest BCUT2D eigenvalue weighted by Gasteiger charge is -2.19. The maximum atomic E-state index is 5.52. The van der Waals surface area contributed by atoms with E-state index in [4.69, 9.17) is 5.84 Å². The number of hydrogen-bond acceptors (Lipinski definition) is 5. The molecule has 3 N–H and O–H groups in total. The van der Waals surface area contributed by atoms with Crippen LogP contribution < -0.4 is 11.3 Å². The van der Waals surface area contributed by atoms with Gasteiger partial charge in [-0.05, 0) is 6.42 Å². The molecule has 0 spiro atoms. The van der Waals surface area contributed by atoms with Gasteiger partial charge >= 0.3 is 0 Å². The van der Waals surface area contributed by atoms with Crippen LogP contribution in [0.1, 0.15) is 45.8 Å². The van der Waals surface area contributed by atoms with E-state index in [9.17, 15) is 0 Å². The van der Waals surface area contributed by atoms with Gasteiger partial charge in [-0.2, -0.15) is 0 Å². The third kappa shape index (κ3) is 2.96. The highest BCUT2D eigenvalue weighted by molar-refractivity contribution is 5.42. The molecule has 6 heteroatoms. The standard InChI is InChI=1S/C14H22N6/c1-5-6-11-16-7-8-20(11)12-9-10(19-15)17-13(18-12)14(2,3)4/h7-9H,5-6,15H2,1-4H3,(H,17,18,19). The van der Waals surface area contributed by atoms with Crippen LogP contribution in [-0.4, -0.2) is 19.5 Å². The zero-order valence-corrected chi connectivity index (χ0v) is 12.5. The summed E-state index contributed by atoms with van der Waals surface area (Å²) in [5, 5.41) is 0. The van der Waals surface area contributed by atoms with Crippen molar-refractivity contribution in [1.82, 2.24) is 19.5 Å². The highest BCUT2D eigenvalue weighted by Gasteiger charge is 2.20. The molecule has 0 bridgehead atoms. The number of anilines is 1. The number of nitrogens with one attached hydrogen (secondary N) is 1. The molecule has 0 aromatic carbocycles. The van der Waals surface area contributed by atoms with Crippen LogP contribution in [0.15, 0.2) is 18.5 Å². The Labute approximate surface area is 119 Å². The average Bonchev–Trinajstić information content (AvgIpc) is 2.86. The smallest absolute Gasteiger partial charge is 0.145 e. The third-order valence-corrected chi connectivity index (χ3v) is 2.97. The molecule has 0 aliphatic heterocycles. The van der Waals surface area contributed by atoms with Crippen LogP contribution in [0.5, 0.6) is 0 Å². The number of aryl methyl sites for hydroxylation is 1. The molecule has 20 heavy (non-hydrogen) atoms. The summed E-state index contributed by atoms with van der Waals surface area (Å²) in [6.45, 7) is 8.36. The number of hydrazine groups is 1. The molecule has 0 unspecified atom stereocenters. The summed E-state index contributed by atoms with van der Waals surface area (Å²) in [5.74, 6) is 8.66. The van der Waals surface area contributed by atoms with Crippen LogP contribution in [0.25, 0.3) is 5.82 Å². The fourth-order valence-electron chi connectivity index (χ4n) is 1.92. The van der Waals surface area contributed by atoms with Gasteiger partial charge in [0.1, 0.15) is 23.3 Å². The van der Waals surface area contributed by atoms with Crippen molar-refractivity contribution < 1.29 is 0 Å². The summed E-state index contributed by atoms with van der Waals surface area (Å²) in [4.78, 5) is 13.5. The molecule has 0 fully saturated rings. The topological polar surface area (TPSA) is 81.7 Å². The summed E-state index contributed by atoms with van der Waals surface area (Å²) in [5.41, 5.74) is 2.46. The Morgan fingerprint density at radius 1 is 1.30 bits per heavy atom. The quantitative estimate of drug-likeness (QED) is 0.660. The molecule has 2 heterocycles. The second kappa shape index (κ2) is 5.58. The summed E-state index contributed by atoms with van der Waals surface area (Å²) in [7, 11) is 0. The molecule has 0 radical (unpaired) electrons. The minimum atomic E-state index is -0.146. The predicted molar refractivity (Wildman–Crippen MR) is 79.7 cm³/mol. The van der Waals surface area contributed by atoms with E-state index in [0.29, 0.717) is 5.82 Å². The molecule has 0 aliphatic rings. The first-order valence-electron chi connectivity index (χ1n) is 6.84. The van der Waals surface area contributed by atoms with Gasteiger partial charge in [0.25, 0.3) is 0 Å². The number of rotatable bonds is 4. The number of nitrogen functional groups attached to an aromatic ring is 1. The Hall–Kier alpha value is -1.95. The Balaban J connectivity index is 2.53. The molecule has 0 aliphatic carbocycles. The van der Waals surface area contributed by atoms with Crippen LogP contribution in [-0.2, 0) is 11.8 Å². The second-order valence-corrected chi connectivity index (χ2v) is 5.79. The Kier molecular flexibility index (Phi) is 4.04. The molecule has 0 saturated carbocycles. The van der Waals surface area contributed by atoms with Crippen molar-refractivity contribution in [2.75, 3.05) is 5.43 Å². The zero-order chi connectivity index (χ0) is 14.8. The van der Waals surface area contributed by atoms with Crippen molar-refractivity contribution >= 4 is 5.82 Å². The molecule has 0 amide bonds. The number of hydrogen-bond donors (Lipinski definition) is 2. The van der Waals surface area contributed by atoms with Gasteiger partial charge in [0.15, 0.2) is 0 Å². The fraction of sp³-hybridized carbons (Fsp3) is 0.500. The third-order valence-electron chi connectivity index (χ3n) is 2.97. The number of nitrogens with zero attached hydrogens (tertiary/aromatic N) is 4. The molecule has 108 valence electrons. The first-order chi connectivity index (χ1) is 9.45. The number of nitrogens with two attached hydrogens (primary N) is 1. The van der Waals surface area contributed by atoms with Gasteiger partial charge in [0.05, 0.1) is 0 Å². The average molecular weight is 274 g/mol. The normalized spacial score (nSPS) is 11.7. The highest BCUT2D eigenvalue weighted by atomic mass is 15.3. The van der Waals surface area contributed by atoms with Crippen molar-refractivity contribution in [3.8, 4) is 5.82 Å². The van der Waals surface area contributed by atoms with Crippen molar-refractivity contribution in [2.45, 2.75) is 46.0 Å². The predicted octanol–water partition coefficient (Wildman–Crippen LogP) is 2.20. The SMILES string of the molecule is CCCc1nccn1-c1cc(NN)nc(C(C)(C)C)n1. The second-order valence-electron chi connectivity index (χ2n) is 5.79. The van der Waals surface area contributed by atoms with Crippen LogP contribution in [0.3, 0.4) is 0 Å². The van der Waals surface area contributed by atoms with E-state index in [-0.39, 0.29) is 5.41 Å². The Morgan fingerprint density at radius 2 is 2.05 bits per heavy atom. The van der Waals surface area contributed by atoms with Gasteiger partial charge in [-0.1, -0.05) is 27.7 Å². The van der Waals surface area contributed by atoms with Crippen LogP contribution in [0, 0.1) is 0 Å². The molecule has 6 nitrogen and oxygen atoms in total. The molecule has 2 rings (SSSR count). The van der Waals surface area contributed by atoms with E-state index in [0.717, 1.165) is 30.3 Å². The number of aromatic nitrogens is 4. The summed E-state index contributed by atoms with van der Waals surface area (Å²) in [6, 6.07) is 1.83. The molecular formula is C14H22N6. The lowest BCUT2D eigenvalue weighted by molar-refractivity contribution is 0.543. The van der Waals surface area contributed by atoms with E-state index in [1.165, 1.54) is 0 Å². The minimum Gasteiger partial charge on any atom is -0.308 e. The monoisotopic (exact) mass is 274 g/mol. The summed E-state index contributed by atoms with van der Waals surface area (Å²) < 4.78 is 1.99. The molecule has 2 aromatic rings. The van der Waals surface area contributed by atoms with E-state index in [1.807, 2.05) is 16.8 Å². The van der Waals surface area contributed by atoms with Crippen molar-refractivity contribution in [2.24, 2.45) is 5.84 Å². The lowest BCUT2D eigenvalue weighted by Crippen LogP contribution is -2.20. The van der Waals surface area contributed by atoms with Gasteiger partial charge in [-0.3, -0.25) is 4.57 Å². The first-order valence-corrected chi connectivity index (χ1v) is 6.84. The molecule has 0 saturated heterocycles. The van der Waals surface area contributed by atoms with Gasteiger partial charge in [0, 0.05) is 30.3 Å². The van der Waals surface area contributed by atoms with E-state index in [1.54, 1.807) is 6.20 Å². The van der Waals surface area contributed by atoms with Gasteiger partial charge in [0.2, 0.25) is 0 Å². The van der Waals surface area contributed by atoms with E-state index >= 15 is 0 Å². The fourth-order valence-corrected chi connectivity index (χ4v) is 1.92. The molecule has 2 aromatic heterocycles. The number of imidazole rings is 1. The summed E-state index contributed by atoms with van der Waals surface area (Å²) >= 11 is 0. The summed E-state index contributed by atoms with van der Waals surface area (Å²) in [6.07, 6.45) is 5.66. The van der Waals surface area contributed by atoms with Crippen LogP contribution in [0.2, 0.25) is 0 Å². The first kappa shape index (κ1) is 14.5. The van der Waals surface area contributed by atoms with Crippen LogP contribution >= 0.6 is 0 Å². The van der Waals surface area contributed by atoms with Gasteiger partial charge in [-0.25, -0.2) is 20.8 Å².